The molecule has 1 heterocycles. The lowest BCUT2D eigenvalue weighted by atomic mass is 10.1. The molecule has 1 N–H and O–H groups in total. The highest BCUT2D eigenvalue weighted by Gasteiger charge is 2.44. The highest BCUT2D eigenvalue weighted by molar-refractivity contribution is 7.80. The topological polar surface area (TPSA) is 107 Å². The number of hydrogen-bond acceptors (Lipinski definition) is 8. The van der Waals surface area contributed by atoms with Crippen LogP contribution in [0.15, 0.2) is 66.7 Å². The molecule has 10 nitrogen and oxygen atoms in total. The third-order valence-electron chi connectivity index (χ3n) is 6.87. The van der Waals surface area contributed by atoms with E-state index in [-0.39, 0.29) is 24.8 Å². The van der Waals surface area contributed by atoms with Gasteiger partial charge in [-0.05, 0) is 98.7 Å². The molecule has 0 aromatic heterocycles. The molecule has 11 heteroatoms. The maximum Gasteiger partial charge on any atom is 0.338 e. The van der Waals surface area contributed by atoms with Crippen molar-refractivity contribution < 1.29 is 33.3 Å². The molecular formula is C32H35N3O7S. The molecule has 0 saturated carbocycles. The van der Waals surface area contributed by atoms with Crippen LogP contribution in [0.5, 0.6) is 17.2 Å². The van der Waals surface area contributed by atoms with E-state index < -0.39 is 12.0 Å². The number of carbonyl (C=O) groups is 3. The molecular weight excluding hydrogens is 570 g/mol. The van der Waals surface area contributed by atoms with E-state index >= 15 is 0 Å². The van der Waals surface area contributed by atoms with Crippen molar-refractivity contribution in [2.45, 2.75) is 32.7 Å². The molecule has 1 saturated heterocycles. The van der Waals surface area contributed by atoms with Gasteiger partial charge in [0.2, 0.25) is 5.91 Å². The van der Waals surface area contributed by atoms with E-state index in [0.29, 0.717) is 58.9 Å². The van der Waals surface area contributed by atoms with Crippen LogP contribution in [0.3, 0.4) is 0 Å². The van der Waals surface area contributed by atoms with Crippen molar-refractivity contribution in [3.8, 4) is 17.2 Å². The summed E-state index contributed by atoms with van der Waals surface area (Å²) < 4.78 is 21.3. The van der Waals surface area contributed by atoms with E-state index in [9.17, 15) is 14.4 Å². The number of carbonyl (C=O) groups excluding carboxylic acids is 3. The summed E-state index contributed by atoms with van der Waals surface area (Å²) in [7, 11) is 3.15. The quantitative estimate of drug-likeness (QED) is 0.216. The third kappa shape index (κ3) is 7.42. The van der Waals surface area contributed by atoms with Crippen LogP contribution < -0.4 is 24.4 Å². The van der Waals surface area contributed by atoms with Crippen LogP contribution in [0.25, 0.3) is 0 Å². The average molecular weight is 606 g/mol. The summed E-state index contributed by atoms with van der Waals surface area (Å²) in [5.41, 5.74) is 2.42. The minimum absolute atomic E-state index is 0.127. The summed E-state index contributed by atoms with van der Waals surface area (Å²) in [5.74, 6) is 0.790. The van der Waals surface area contributed by atoms with Crippen LogP contribution in [-0.2, 0) is 20.7 Å². The number of rotatable bonds is 13. The standard InChI is InChI=1S/C32H35N3O7S/c1-5-41-25-14-12-24(13-15-25)35-30(37)26(20-29(36)33-23-10-8-22(9-11-23)31(38)42-6-2)34(32(35)43)18-17-21-7-16-27(39-3)28(19-21)40-4/h7-16,19,26H,5-6,17-18,20H2,1-4H3,(H,33,36). The number of ether oxygens (including phenoxy) is 4. The van der Waals surface area contributed by atoms with Crippen LogP contribution in [0.1, 0.15) is 36.2 Å². The Morgan fingerprint density at radius 1 is 0.907 bits per heavy atom. The Labute approximate surface area is 256 Å². The summed E-state index contributed by atoms with van der Waals surface area (Å²) in [4.78, 5) is 42.2. The lowest BCUT2D eigenvalue weighted by Crippen LogP contribution is -2.39. The van der Waals surface area contributed by atoms with Gasteiger partial charge in [-0.1, -0.05) is 6.07 Å². The van der Waals surface area contributed by atoms with Crippen molar-refractivity contribution in [2.24, 2.45) is 0 Å². The Morgan fingerprint density at radius 2 is 1.60 bits per heavy atom. The van der Waals surface area contributed by atoms with Gasteiger partial charge in [0.1, 0.15) is 11.8 Å². The Morgan fingerprint density at radius 3 is 2.23 bits per heavy atom. The maximum absolute atomic E-state index is 13.8. The van der Waals surface area contributed by atoms with E-state index in [0.717, 1.165) is 5.56 Å². The number of amides is 2. The van der Waals surface area contributed by atoms with Gasteiger partial charge < -0.3 is 29.2 Å². The Bertz CT molecular complexity index is 1460. The van der Waals surface area contributed by atoms with E-state index in [2.05, 4.69) is 5.32 Å². The normalized spacial score (nSPS) is 14.5. The van der Waals surface area contributed by atoms with Crippen molar-refractivity contribution in [1.82, 2.24) is 4.90 Å². The Balaban J connectivity index is 1.54. The van der Waals surface area contributed by atoms with Crippen LogP contribution in [0.4, 0.5) is 11.4 Å². The lowest BCUT2D eigenvalue weighted by molar-refractivity contribution is -0.124. The number of thiocarbonyl (C=S) groups is 1. The number of anilines is 2. The number of nitrogens with one attached hydrogen (secondary N) is 1. The van der Waals surface area contributed by atoms with Gasteiger partial charge in [-0.2, -0.15) is 0 Å². The second kappa shape index (κ2) is 14.5. The molecule has 0 aliphatic carbocycles. The molecule has 1 aliphatic heterocycles. The second-order valence-corrected chi connectivity index (χ2v) is 9.95. The first-order chi connectivity index (χ1) is 20.8. The SMILES string of the molecule is CCOC(=O)c1ccc(NC(=O)CC2C(=O)N(c3ccc(OCC)cc3)C(=S)N2CCc2ccc(OC)c(OC)c2)cc1. The van der Waals surface area contributed by atoms with Crippen LogP contribution in [0, 0.1) is 0 Å². The molecule has 0 bridgehead atoms. The zero-order valence-electron chi connectivity index (χ0n) is 24.6. The van der Waals surface area contributed by atoms with Crippen molar-refractivity contribution >= 4 is 46.5 Å². The van der Waals surface area contributed by atoms with Gasteiger partial charge in [-0.25, -0.2) is 4.79 Å². The maximum atomic E-state index is 13.8. The van der Waals surface area contributed by atoms with E-state index in [1.807, 2.05) is 25.1 Å². The highest BCUT2D eigenvalue weighted by atomic mass is 32.1. The fourth-order valence-electron chi connectivity index (χ4n) is 4.76. The lowest BCUT2D eigenvalue weighted by Gasteiger charge is -2.24. The predicted octanol–water partition coefficient (Wildman–Crippen LogP) is 4.85. The zero-order chi connectivity index (χ0) is 30.9. The molecule has 1 atom stereocenters. The molecule has 1 unspecified atom stereocenters. The first-order valence-corrected chi connectivity index (χ1v) is 14.4. The molecule has 3 aromatic carbocycles. The van der Waals surface area contributed by atoms with Gasteiger partial charge in [-0.3, -0.25) is 14.5 Å². The van der Waals surface area contributed by atoms with Gasteiger partial charge in [0.15, 0.2) is 16.6 Å². The molecule has 43 heavy (non-hydrogen) atoms. The van der Waals surface area contributed by atoms with Gasteiger partial charge in [-0.15, -0.1) is 0 Å². The van der Waals surface area contributed by atoms with E-state index in [1.165, 1.54) is 4.90 Å². The fraction of sp³-hybridized carbons (Fsp3) is 0.312. The van der Waals surface area contributed by atoms with E-state index in [1.54, 1.807) is 74.6 Å². The third-order valence-corrected chi connectivity index (χ3v) is 7.29. The fourth-order valence-corrected chi connectivity index (χ4v) is 5.17. The number of benzene rings is 3. The summed E-state index contributed by atoms with van der Waals surface area (Å²) in [6, 6.07) is 18.3. The van der Waals surface area contributed by atoms with Gasteiger partial charge in [0, 0.05) is 12.2 Å². The van der Waals surface area contributed by atoms with Crippen LogP contribution >= 0.6 is 12.2 Å². The first-order valence-electron chi connectivity index (χ1n) is 13.9. The van der Waals surface area contributed by atoms with Crippen molar-refractivity contribution in [2.75, 3.05) is 44.2 Å². The Kier molecular flexibility index (Phi) is 10.6. The molecule has 1 aliphatic rings. The predicted molar refractivity (Wildman–Crippen MR) is 167 cm³/mol. The number of nitrogens with zero attached hydrogens (tertiary/aromatic N) is 2. The highest BCUT2D eigenvalue weighted by Crippen LogP contribution is 2.31. The molecule has 0 radical (unpaired) electrons. The number of esters is 1. The number of methoxy groups -OCH3 is 2. The molecule has 0 spiro atoms. The van der Waals surface area contributed by atoms with Crippen molar-refractivity contribution in [3.63, 3.8) is 0 Å². The minimum atomic E-state index is -0.821. The average Bonchev–Trinajstić information content (AvgIpc) is 3.24. The molecule has 1 fully saturated rings. The second-order valence-electron chi connectivity index (χ2n) is 9.58. The smallest absolute Gasteiger partial charge is 0.338 e. The molecule has 3 aromatic rings. The molecule has 2 amide bonds. The largest absolute Gasteiger partial charge is 0.494 e. The zero-order valence-corrected chi connectivity index (χ0v) is 25.4. The Hall–Kier alpha value is -4.64. The molecule has 4 rings (SSSR count). The monoisotopic (exact) mass is 605 g/mol. The van der Waals surface area contributed by atoms with Gasteiger partial charge in [0.25, 0.3) is 5.91 Å². The van der Waals surface area contributed by atoms with Gasteiger partial charge in [0.05, 0.1) is 45.1 Å². The van der Waals surface area contributed by atoms with Crippen LogP contribution in [-0.4, -0.2) is 67.8 Å². The van der Waals surface area contributed by atoms with Gasteiger partial charge >= 0.3 is 5.97 Å². The summed E-state index contributed by atoms with van der Waals surface area (Å²) in [6.45, 7) is 4.81. The minimum Gasteiger partial charge on any atom is -0.494 e. The van der Waals surface area contributed by atoms with Crippen molar-refractivity contribution in [3.05, 3.63) is 77.9 Å². The number of hydrogen-bond donors (Lipinski definition) is 1. The summed E-state index contributed by atoms with van der Waals surface area (Å²) >= 11 is 5.81. The summed E-state index contributed by atoms with van der Waals surface area (Å²) in [6.07, 6.45) is 0.413. The first kappa shape index (κ1) is 31.3. The van der Waals surface area contributed by atoms with Crippen molar-refractivity contribution in [1.29, 1.82) is 0 Å². The summed E-state index contributed by atoms with van der Waals surface area (Å²) in [5, 5.41) is 3.13. The van der Waals surface area contributed by atoms with Crippen LogP contribution in [0.2, 0.25) is 0 Å². The molecule has 226 valence electrons. The van der Waals surface area contributed by atoms with E-state index in [4.69, 9.17) is 31.2 Å².